The van der Waals surface area contributed by atoms with Crippen molar-refractivity contribution in [3.63, 3.8) is 0 Å². The molecule has 17 heavy (non-hydrogen) atoms. The molecule has 0 spiro atoms. The average molecular weight is 229 g/mol. The third-order valence-electron chi connectivity index (χ3n) is 2.37. The van der Waals surface area contributed by atoms with Crippen LogP contribution >= 0.6 is 0 Å². The predicted molar refractivity (Wildman–Crippen MR) is 66.8 cm³/mol. The van der Waals surface area contributed by atoms with Crippen LogP contribution in [0.5, 0.6) is 5.75 Å². The number of nitrogens with zero attached hydrogens (tertiary/aromatic N) is 2. The molecule has 2 rings (SSSR count). The first kappa shape index (κ1) is 11.4. The topological polar surface area (TPSA) is 61.0 Å². The van der Waals surface area contributed by atoms with Crippen LogP contribution in [0.2, 0.25) is 0 Å². The van der Waals surface area contributed by atoms with Crippen molar-refractivity contribution in [2.24, 2.45) is 0 Å². The van der Waals surface area contributed by atoms with Crippen LogP contribution in [0, 0.1) is 6.92 Å². The summed E-state index contributed by atoms with van der Waals surface area (Å²) in [6.07, 6.45) is 2.35. The Balaban J connectivity index is 1.85. The van der Waals surface area contributed by atoms with E-state index in [0.717, 1.165) is 29.2 Å². The molecule has 0 atom stereocenters. The number of hydrogen-bond donors (Lipinski definition) is 1. The van der Waals surface area contributed by atoms with Gasteiger partial charge in [-0.15, -0.1) is 0 Å². The van der Waals surface area contributed by atoms with Gasteiger partial charge in [-0.05, 0) is 37.3 Å². The van der Waals surface area contributed by atoms with E-state index in [9.17, 15) is 0 Å². The van der Waals surface area contributed by atoms with Crippen LogP contribution in [0.1, 0.15) is 11.4 Å². The third kappa shape index (κ3) is 3.45. The minimum absolute atomic E-state index is 0.598. The van der Waals surface area contributed by atoms with Gasteiger partial charge in [0, 0.05) is 23.5 Å². The Kier molecular flexibility index (Phi) is 3.55. The summed E-state index contributed by atoms with van der Waals surface area (Å²) >= 11 is 0. The third-order valence-corrected chi connectivity index (χ3v) is 2.37. The maximum Gasteiger partial charge on any atom is 0.119 e. The van der Waals surface area contributed by atoms with Crippen LogP contribution in [0.3, 0.4) is 0 Å². The highest BCUT2D eigenvalue weighted by Gasteiger charge is 1.97. The Morgan fingerprint density at radius 3 is 2.65 bits per heavy atom. The number of hydrogen-bond acceptors (Lipinski definition) is 4. The molecule has 0 radical (unpaired) electrons. The SMILES string of the molecule is Cc1cc(CCOc2ccc(N)cc2)ncn1. The van der Waals surface area contributed by atoms with Crippen molar-refractivity contribution in [3.8, 4) is 5.75 Å². The minimum Gasteiger partial charge on any atom is -0.493 e. The first-order valence-corrected chi connectivity index (χ1v) is 5.50. The number of nitrogens with two attached hydrogens (primary N) is 1. The zero-order valence-electron chi connectivity index (χ0n) is 9.76. The molecule has 1 aromatic carbocycles. The summed E-state index contributed by atoms with van der Waals surface area (Å²) in [7, 11) is 0. The largest absolute Gasteiger partial charge is 0.493 e. The van der Waals surface area contributed by atoms with Crippen LogP contribution in [-0.4, -0.2) is 16.6 Å². The van der Waals surface area contributed by atoms with Gasteiger partial charge in [0.15, 0.2) is 0 Å². The molecule has 0 bridgehead atoms. The Labute approximate surface area is 100 Å². The Hall–Kier alpha value is -2.10. The van der Waals surface area contributed by atoms with E-state index in [1.165, 1.54) is 0 Å². The van der Waals surface area contributed by atoms with Gasteiger partial charge in [0.05, 0.1) is 6.61 Å². The van der Waals surface area contributed by atoms with Gasteiger partial charge in [0.1, 0.15) is 12.1 Å². The lowest BCUT2D eigenvalue weighted by Gasteiger charge is -2.06. The maximum absolute atomic E-state index is 5.59. The summed E-state index contributed by atoms with van der Waals surface area (Å²) in [5.74, 6) is 0.824. The number of aromatic nitrogens is 2. The van der Waals surface area contributed by atoms with Crippen molar-refractivity contribution in [2.45, 2.75) is 13.3 Å². The second-order valence-electron chi connectivity index (χ2n) is 3.82. The molecular weight excluding hydrogens is 214 g/mol. The van der Waals surface area contributed by atoms with Crippen molar-refractivity contribution in [1.29, 1.82) is 0 Å². The van der Waals surface area contributed by atoms with Crippen molar-refractivity contribution < 1.29 is 4.74 Å². The highest BCUT2D eigenvalue weighted by Crippen LogP contribution is 2.13. The van der Waals surface area contributed by atoms with Crippen molar-refractivity contribution in [2.75, 3.05) is 12.3 Å². The highest BCUT2D eigenvalue weighted by atomic mass is 16.5. The number of nitrogen functional groups attached to an aromatic ring is 1. The first-order chi connectivity index (χ1) is 8.24. The van der Waals surface area contributed by atoms with E-state index in [1.54, 1.807) is 6.33 Å². The van der Waals surface area contributed by atoms with Gasteiger partial charge in [-0.2, -0.15) is 0 Å². The fraction of sp³-hybridized carbons (Fsp3) is 0.231. The lowest BCUT2D eigenvalue weighted by Crippen LogP contribution is -2.03. The Morgan fingerprint density at radius 2 is 1.94 bits per heavy atom. The lowest BCUT2D eigenvalue weighted by atomic mass is 10.2. The predicted octanol–water partition coefficient (Wildman–Crippen LogP) is 1.99. The van der Waals surface area contributed by atoms with Crippen molar-refractivity contribution in [3.05, 3.63) is 48.0 Å². The van der Waals surface area contributed by atoms with Crippen LogP contribution in [-0.2, 0) is 6.42 Å². The molecule has 1 aromatic heterocycles. The van der Waals surface area contributed by atoms with Gasteiger partial charge in [0.2, 0.25) is 0 Å². The van der Waals surface area contributed by atoms with E-state index < -0.39 is 0 Å². The van der Waals surface area contributed by atoms with E-state index in [1.807, 2.05) is 37.3 Å². The molecule has 0 aliphatic rings. The zero-order valence-corrected chi connectivity index (χ0v) is 9.76. The molecule has 0 aliphatic carbocycles. The lowest BCUT2D eigenvalue weighted by molar-refractivity contribution is 0.320. The second kappa shape index (κ2) is 5.30. The fourth-order valence-corrected chi connectivity index (χ4v) is 1.48. The number of rotatable bonds is 4. The quantitative estimate of drug-likeness (QED) is 0.814. The second-order valence-corrected chi connectivity index (χ2v) is 3.82. The summed E-state index contributed by atoms with van der Waals surface area (Å²) in [4.78, 5) is 8.22. The molecule has 0 amide bonds. The number of ether oxygens (including phenoxy) is 1. The molecule has 0 saturated heterocycles. The van der Waals surface area contributed by atoms with E-state index in [0.29, 0.717) is 6.61 Å². The summed E-state index contributed by atoms with van der Waals surface area (Å²) in [6.45, 7) is 2.55. The molecule has 0 fully saturated rings. The van der Waals surface area contributed by atoms with Gasteiger partial charge >= 0.3 is 0 Å². The smallest absolute Gasteiger partial charge is 0.119 e. The molecule has 0 saturated carbocycles. The molecule has 4 heteroatoms. The van der Waals surface area contributed by atoms with Crippen molar-refractivity contribution >= 4 is 5.69 Å². The number of aryl methyl sites for hydroxylation is 1. The zero-order chi connectivity index (χ0) is 12.1. The molecule has 88 valence electrons. The van der Waals surface area contributed by atoms with E-state index in [2.05, 4.69) is 9.97 Å². The standard InChI is InChI=1S/C13H15N3O/c1-10-8-12(16-9-15-10)6-7-17-13-4-2-11(14)3-5-13/h2-5,8-9H,6-7,14H2,1H3. The van der Waals surface area contributed by atoms with Gasteiger partial charge < -0.3 is 10.5 Å². The molecular formula is C13H15N3O. The molecule has 0 aliphatic heterocycles. The molecule has 2 aromatic rings. The van der Waals surface area contributed by atoms with Crippen LogP contribution in [0.25, 0.3) is 0 Å². The van der Waals surface area contributed by atoms with E-state index in [-0.39, 0.29) is 0 Å². The van der Waals surface area contributed by atoms with Crippen LogP contribution in [0.4, 0.5) is 5.69 Å². The molecule has 1 heterocycles. The summed E-state index contributed by atoms with van der Waals surface area (Å²) in [5, 5.41) is 0. The van der Waals surface area contributed by atoms with Gasteiger partial charge in [0.25, 0.3) is 0 Å². The monoisotopic (exact) mass is 229 g/mol. The maximum atomic E-state index is 5.59. The summed E-state index contributed by atoms with van der Waals surface area (Å²) in [6, 6.07) is 9.34. The average Bonchev–Trinajstić information content (AvgIpc) is 2.32. The van der Waals surface area contributed by atoms with Crippen LogP contribution in [0.15, 0.2) is 36.7 Å². The molecule has 0 unspecified atom stereocenters. The molecule has 4 nitrogen and oxygen atoms in total. The van der Waals surface area contributed by atoms with E-state index in [4.69, 9.17) is 10.5 Å². The van der Waals surface area contributed by atoms with Gasteiger partial charge in [-0.1, -0.05) is 0 Å². The molecule has 2 N–H and O–H groups in total. The Bertz CT molecular complexity index is 482. The van der Waals surface area contributed by atoms with Crippen molar-refractivity contribution in [1.82, 2.24) is 9.97 Å². The van der Waals surface area contributed by atoms with Gasteiger partial charge in [-0.25, -0.2) is 9.97 Å². The highest BCUT2D eigenvalue weighted by molar-refractivity contribution is 5.41. The summed E-state index contributed by atoms with van der Waals surface area (Å²) < 4.78 is 5.59. The number of benzene rings is 1. The Morgan fingerprint density at radius 1 is 1.18 bits per heavy atom. The first-order valence-electron chi connectivity index (χ1n) is 5.50. The van der Waals surface area contributed by atoms with Crippen LogP contribution < -0.4 is 10.5 Å². The van der Waals surface area contributed by atoms with Gasteiger partial charge in [-0.3, -0.25) is 0 Å². The minimum atomic E-state index is 0.598. The normalized spacial score (nSPS) is 10.2. The fourth-order valence-electron chi connectivity index (χ4n) is 1.48. The summed E-state index contributed by atoms with van der Waals surface area (Å²) in [5.41, 5.74) is 8.30. The number of anilines is 1. The van der Waals surface area contributed by atoms with E-state index >= 15 is 0 Å².